The van der Waals surface area contributed by atoms with E-state index >= 15 is 0 Å². The third kappa shape index (κ3) is 3.75. The number of nitro benzene ring substituents is 1. The normalized spacial score (nSPS) is 10.0. The highest BCUT2D eigenvalue weighted by molar-refractivity contribution is 5.37. The SMILES string of the molecule is CCOc1nc(NC)nc(Oc2ccc([N+](=O)[O-])cc2)n1. The zero-order chi connectivity index (χ0) is 15.2. The number of benzene rings is 1. The van der Waals surface area contributed by atoms with Gasteiger partial charge in [-0.1, -0.05) is 0 Å². The zero-order valence-corrected chi connectivity index (χ0v) is 11.4. The number of hydrogen-bond donors (Lipinski definition) is 1. The monoisotopic (exact) mass is 291 g/mol. The quantitative estimate of drug-likeness (QED) is 0.635. The van der Waals surface area contributed by atoms with Gasteiger partial charge >= 0.3 is 12.0 Å². The van der Waals surface area contributed by atoms with Crippen LogP contribution >= 0.6 is 0 Å². The summed E-state index contributed by atoms with van der Waals surface area (Å²) in [6.45, 7) is 2.21. The second kappa shape index (κ2) is 6.46. The van der Waals surface area contributed by atoms with Crippen molar-refractivity contribution in [2.24, 2.45) is 0 Å². The summed E-state index contributed by atoms with van der Waals surface area (Å²) in [5.41, 5.74) is -0.0242. The fourth-order valence-electron chi connectivity index (χ4n) is 1.43. The van der Waals surface area contributed by atoms with Crippen molar-refractivity contribution in [3.63, 3.8) is 0 Å². The summed E-state index contributed by atoms with van der Waals surface area (Å²) in [7, 11) is 1.65. The Balaban J connectivity index is 2.21. The van der Waals surface area contributed by atoms with Crippen molar-refractivity contribution in [3.8, 4) is 17.8 Å². The minimum Gasteiger partial charge on any atom is -0.464 e. The number of nitro groups is 1. The summed E-state index contributed by atoms with van der Waals surface area (Å²) in [5.74, 6) is 0.668. The largest absolute Gasteiger partial charge is 0.464 e. The average molecular weight is 291 g/mol. The van der Waals surface area contributed by atoms with Gasteiger partial charge in [0.15, 0.2) is 0 Å². The molecule has 0 fully saturated rings. The van der Waals surface area contributed by atoms with Gasteiger partial charge in [-0.3, -0.25) is 10.1 Å². The van der Waals surface area contributed by atoms with Gasteiger partial charge in [0.2, 0.25) is 5.95 Å². The molecule has 0 saturated heterocycles. The maximum Gasteiger partial charge on any atom is 0.330 e. The Kier molecular flexibility index (Phi) is 4.44. The van der Waals surface area contributed by atoms with Crippen LogP contribution in [-0.2, 0) is 0 Å². The molecule has 1 aromatic carbocycles. The molecule has 0 aliphatic rings. The number of rotatable bonds is 6. The Labute approximate surface area is 120 Å². The van der Waals surface area contributed by atoms with E-state index in [9.17, 15) is 10.1 Å². The van der Waals surface area contributed by atoms with Crippen LogP contribution in [0.4, 0.5) is 11.6 Å². The molecule has 1 aromatic heterocycles. The van der Waals surface area contributed by atoms with Crippen molar-refractivity contribution in [3.05, 3.63) is 34.4 Å². The minimum atomic E-state index is -0.487. The lowest BCUT2D eigenvalue weighted by atomic mass is 10.3. The fourth-order valence-corrected chi connectivity index (χ4v) is 1.43. The van der Waals surface area contributed by atoms with Gasteiger partial charge in [0.25, 0.3) is 5.69 Å². The molecule has 1 heterocycles. The van der Waals surface area contributed by atoms with E-state index in [1.807, 2.05) is 0 Å². The van der Waals surface area contributed by atoms with Crippen LogP contribution in [0.3, 0.4) is 0 Å². The van der Waals surface area contributed by atoms with Crippen molar-refractivity contribution >= 4 is 11.6 Å². The Bertz CT molecular complexity index is 632. The predicted octanol–water partition coefficient (Wildman–Crippen LogP) is 2.01. The van der Waals surface area contributed by atoms with E-state index in [1.165, 1.54) is 24.3 Å². The summed E-state index contributed by atoms with van der Waals surface area (Å²) in [5, 5.41) is 13.3. The number of nitrogens with one attached hydrogen (secondary N) is 1. The topological polar surface area (TPSA) is 112 Å². The van der Waals surface area contributed by atoms with Crippen LogP contribution in [0.2, 0.25) is 0 Å². The number of aromatic nitrogens is 3. The summed E-state index contributed by atoms with van der Waals surface area (Å²) in [4.78, 5) is 22.1. The first kappa shape index (κ1) is 14.4. The summed E-state index contributed by atoms with van der Waals surface area (Å²) >= 11 is 0. The molecule has 110 valence electrons. The average Bonchev–Trinajstić information content (AvgIpc) is 2.48. The highest BCUT2D eigenvalue weighted by Crippen LogP contribution is 2.23. The van der Waals surface area contributed by atoms with Crippen molar-refractivity contribution in [2.75, 3.05) is 19.0 Å². The molecule has 2 rings (SSSR count). The van der Waals surface area contributed by atoms with Crippen molar-refractivity contribution < 1.29 is 14.4 Å². The van der Waals surface area contributed by atoms with Gasteiger partial charge in [-0.25, -0.2) is 0 Å². The van der Waals surface area contributed by atoms with Crippen molar-refractivity contribution in [1.29, 1.82) is 0 Å². The molecule has 0 spiro atoms. The van der Waals surface area contributed by atoms with E-state index in [4.69, 9.17) is 9.47 Å². The molecule has 0 aliphatic carbocycles. The Morgan fingerprint density at radius 2 is 1.86 bits per heavy atom. The first-order chi connectivity index (χ1) is 10.1. The predicted molar refractivity (Wildman–Crippen MR) is 73.7 cm³/mol. The first-order valence-electron chi connectivity index (χ1n) is 6.11. The highest BCUT2D eigenvalue weighted by Gasteiger charge is 2.10. The summed E-state index contributed by atoms with van der Waals surface area (Å²) < 4.78 is 10.6. The summed E-state index contributed by atoms with van der Waals surface area (Å²) in [6, 6.07) is 5.75. The molecule has 0 aliphatic heterocycles. The lowest BCUT2D eigenvalue weighted by molar-refractivity contribution is -0.384. The lowest BCUT2D eigenvalue weighted by Gasteiger charge is -2.07. The molecule has 0 bridgehead atoms. The smallest absolute Gasteiger partial charge is 0.330 e. The van der Waals surface area contributed by atoms with Crippen LogP contribution < -0.4 is 14.8 Å². The van der Waals surface area contributed by atoms with Crippen LogP contribution in [-0.4, -0.2) is 33.5 Å². The number of anilines is 1. The van der Waals surface area contributed by atoms with E-state index in [0.717, 1.165) is 0 Å². The summed E-state index contributed by atoms with van der Waals surface area (Å²) in [6.07, 6.45) is 0. The molecule has 0 saturated carbocycles. The molecule has 9 nitrogen and oxygen atoms in total. The van der Waals surface area contributed by atoms with Gasteiger partial charge < -0.3 is 14.8 Å². The molecule has 0 amide bonds. The second-order valence-electron chi connectivity index (χ2n) is 3.76. The number of non-ortho nitro benzene ring substituents is 1. The lowest BCUT2D eigenvalue weighted by Crippen LogP contribution is -2.05. The first-order valence-corrected chi connectivity index (χ1v) is 6.11. The fraction of sp³-hybridized carbons (Fsp3) is 0.250. The molecule has 21 heavy (non-hydrogen) atoms. The van der Waals surface area contributed by atoms with Crippen molar-refractivity contribution in [1.82, 2.24) is 15.0 Å². The standard InChI is InChI=1S/C12H13N5O4/c1-3-20-11-14-10(13-2)15-12(16-11)21-9-6-4-8(5-7-9)17(18)19/h4-7H,3H2,1-2H3,(H,13,14,15,16). The third-order valence-corrected chi connectivity index (χ3v) is 2.35. The molecule has 1 N–H and O–H groups in total. The molecule has 0 unspecified atom stereocenters. The van der Waals surface area contributed by atoms with E-state index in [1.54, 1.807) is 14.0 Å². The van der Waals surface area contributed by atoms with Gasteiger partial charge in [0.1, 0.15) is 5.75 Å². The van der Waals surface area contributed by atoms with Crippen LogP contribution in [0, 0.1) is 10.1 Å². The van der Waals surface area contributed by atoms with Crippen LogP contribution in [0.1, 0.15) is 6.92 Å². The van der Waals surface area contributed by atoms with Crippen LogP contribution in [0.15, 0.2) is 24.3 Å². The Morgan fingerprint density at radius 1 is 1.19 bits per heavy atom. The third-order valence-electron chi connectivity index (χ3n) is 2.35. The minimum absolute atomic E-state index is 0.0242. The Hall–Kier alpha value is -2.97. The number of ether oxygens (including phenoxy) is 2. The Morgan fingerprint density at radius 3 is 2.43 bits per heavy atom. The van der Waals surface area contributed by atoms with Gasteiger partial charge in [-0.2, -0.15) is 9.97 Å². The van der Waals surface area contributed by atoms with Crippen LogP contribution in [0.25, 0.3) is 0 Å². The van der Waals surface area contributed by atoms with Gasteiger partial charge in [0.05, 0.1) is 11.5 Å². The van der Waals surface area contributed by atoms with Gasteiger partial charge in [-0.15, -0.1) is 4.98 Å². The molecule has 0 atom stereocenters. The van der Waals surface area contributed by atoms with Gasteiger partial charge in [0, 0.05) is 19.2 Å². The van der Waals surface area contributed by atoms with E-state index < -0.39 is 4.92 Å². The molecule has 9 heteroatoms. The van der Waals surface area contributed by atoms with Crippen molar-refractivity contribution in [2.45, 2.75) is 6.92 Å². The molecule has 0 radical (unpaired) electrons. The van der Waals surface area contributed by atoms with E-state index in [2.05, 4.69) is 20.3 Å². The molecular formula is C12H13N5O4. The van der Waals surface area contributed by atoms with E-state index in [0.29, 0.717) is 18.3 Å². The second-order valence-corrected chi connectivity index (χ2v) is 3.76. The van der Waals surface area contributed by atoms with E-state index in [-0.39, 0.29) is 17.7 Å². The highest BCUT2D eigenvalue weighted by atomic mass is 16.6. The number of hydrogen-bond acceptors (Lipinski definition) is 8. The number of nitrogens with zero attached hydrogens (tertiary/aromatic N) is 4. The maximum absolute atomic E-state index is 10.6. The zero-order valence-electron chi connectivity index (χ0n) is 11.4. The van der Waals surface area contributed by atoms with Crippen LogP contribution in [0.5, 0.6) is 17.8 Å². The maximum atomic E-state index is 10.6. The molecule has 2 aromatic rings. The van der Waals surface area contributed by atoms with Gasteiger partial charge in [-0.05, 0) is 19.1 Å². The molecular weight excluding hydrogens is 278 g/mol.